The van der Waals surface area contributed by atoms with Crippen molar-refractivity contribution >= 4 is 16.7 Å². The maximum Gasteiger partial charge on any atom is 0.111 e. The molecule has 150 valence electrons. The zero-order valence-corrected chi connectivity index (χ0v) is 17.0. The smallest absolute Gasteiger partial charge is 0.111 e. The van der Waals surface area contributed by atoms with Crippen molar-refractivity contribution < 1.29 is 0 Å². The van der Waals surface area contributed by atoms with E-state index in [1.807, 2.05) is 0 Å². The lowest BCUT2D eigenvalue weighted by Crippen LogP contribution is -2.52. The van der Waals surface area contributed by atoms with E-state index in [0.29, 0.717) is 0 Å². The highest BCUT2D eigenvalue weighted by atomic mass is 15.3. The Labute approximate surface area is 168 Å². The number of piperazine rings is 1. The van der Waals surface area contributed by atoms with Gasteiger partial charge in [-0.1, -0.05) is 12.8 Å². The Morgan fingerprint density at radius 2 is 1.43 bits per heavy atom. The molecule has 5 nitrogen and oxygen atoms in total. The molecule has 0 N–H and O–H groups in total. The Bertz CT molecular complexity index is 842. The molecule has 3 fully saturated rings. The van der Waals surface area contributed by atoms with E-state index >= 15 is 0 Å². The number of imidazole rings is 1. The van der Waals surface area contributed by atoms with Crippen LogP contribution in [0.1, 0.15) is 44.3 Å². The van der Waals surface area contributed by atoms with Crippen LogP contribution in [-0.2, 0) is 13.0 Å². The van der Waals surface area contributed by atoms with Gasteiger partial charge in [0, 0.05) is 70.0 Å². The summed E-state index contributed by atoms with van der Waals surface area (Å²) in [6.07, 6.45) is 9.61. The van der Waals surface area contributed by atoms with Gasteiger partial charge in [0.25, 0.3) is 0 Å². The van der Waals surface area contributed by atoms with Crippen LogP contribution in [0.5, 0.6) is 0 Å². The minimum atomic E-state index is 0.846. The fraction of sp³-hybridized carbons (Fsp3) is 0.696. The zero-order valence-electron chi connectivity index (χ0n) is 17.0. The van der Waals surface area contributed by atoms with Crippen LogP contribution in [0.2, 0.25) is 0 Å². The quantitative estimate of drug-likeness (QED) is 0.819. The summed E-state index contributed by atoms with van der Waals surface area (Å²) in [5, 5.41) is 0. The molecule has 0 radical (unpaired) electrons. The molecule has 5 heteroatoms. The molecule has 1 aromatic carbocycles. The monoisotopic (exact) mass is 379 g/mol. The van der Waals surface area contributed by atoms with Crippen LogP contribution in [0, 0.1) is 0 Å². The van der Waals surface area contributed by atoms with Crippen molar-refractivity contribution in [3.63, 3.8) is 0 Å². The number of rotatable bonds is 3. The lowest BCUT2D eigenvalue weighted by Gasteiger charge is -2.43. The second kappa shape index (κ2) is 7.03. The van der Waals surface area contributed by atoms with E-state index in [1.165, 1.54) is 100 Å². The van der Waals surface area contributed by atoms with Gasteiger partial charge in [0.15, 0.2) is 0 Å². The number of benzene rings is 1. The molecule has 0 atom stereocenters. The van der Waals surface area contributed by atoms with Crippen molar-refractivity contribution in [2.24, 2.45) is 0 Å². The van der Waals surface area contributed by atoms with Crippen LogP contribution in [0.4, 0.5) is 5.69 Å². The molecule has 1 aromatic heterocycles. The topological polar surface area (TPSA) is 27.5 Å². The van der Waals surface area contributed by atoms with Gasteiger partial charge in [0.05, 0.1) is 11.0 Å². The molecule has 2 saturated carbocycles. The molecule has 0 amide bonds. The Balaban J connectivity index is 1.20. The molecule has 3 heterocycles. The van der Waals surface area contributed by atoms with Gasteiger partial charge < -0.3 is 9.47 Å². The van der Waals surface area contributed by atoms with Crippen molar-refractivity contribution in [2.75, 3.05) is 44.2 Å². The molecule has 4 aliphatic rings. The Hall–Kier alpha value is -1.59. The van der Waals surface area contributed by atoms with E-state index in [9.17, 15) is 0 Å². The van der Waals surface area contributed by atoms with Crippen molar-refractivity contribution in [1.82, 2.24) is 19.4 Å². The van der Waals surface area contributed by atoms with Gasteiger partial charge in [0.2, 0.25) is 0 Å². The number of fused-ring (bicyclic) bond motifs is 3. The summed E-state index contributed by atoms with van der Waals surface area (Å²) in [6, 6.07) is 8.71. The SMILES string of the molecule is c1cc2nc3n(c2cc1N1CCN(C2CCC2)CC1)CCN(C1CCC1)CC3. The average Bonchev–Trinajstić information content (AvgIpc) is 2.86. The fourth-order valence-corrected chi connectivity index (χ4v) is 5.60. The van der Waals surface area contributed by atoms with Gasteiger partial charge >= 0.3 is 0 Å². The second-order valence-corrected chi connectivity index (χ2v) is 9.33. The molecule has 28 heavy (non-hydrogen) atoms. The van der Waals surface area contributed by atoms with Crippen LogP contribution in [0.25, 0.3) is 11.0 Å². The normalized spacial score (nSPS) is 25.4. The molecule has 1 saturated heterocycles. The molecule has 2 aromatic rings. The van der Waals surface area contributed by atoms with E-state index in [4.69, 9.17) is 4.98 Å². The zero-order chi connectivity index (χ0) is 18.5. The lowest BCUT2D eigenvalue weighted by atomic mass is 9.91. The lowest BCUT2D eigenvalue weighted by molar-refractivity contribution is 0.120. The maximum absolute atomic E-state index is 5.00. The molecular weight excluding hydrogens is 346 g/mol. The summed E-state index contributed by atoms with van der Waals surface area (Å²) in [6.45, 7) is 8.25. The highest BCUT2D eigenvalue weighted by molar-refractivity contribution is 5.80. The number of hydrogen-bond acceptors (Lipinski definition) is 4. The van der Waals surface area contributed by atoms with Crippen LogP contribution >= 0.6 is 0 Å². The summed E-state index contributed by atoms with van der Waals surface area (Å²) in [4.78, 5) is 13.0. The third kappa shape index (κ3) is 2.94. The molecule has 0 bridgehead atoms. The van der Waals surface area contributed by atoms with Crippen LogP contribution in [-0.4, -0.2) is 70.7 Å². The van der Waals surface area contributed by atoms with E-state index in [-0.39, 0.29) is 0 Å². The first-order chi connectivity index (χ1) is 13.8. The average molecular weight is 380 g/mol. The first-order valence-corrected chi connectivity index (χ1v) is 11.6. The standard InChI is InChI=1S/C23H33N5/c1-3-18(4-1)25-10-9-23-24-21-8-7-20(17-22(21)28(23)16-15-25)27-13-11-26(12-14-27)19-5-2-6-19/h7-8,17-19H,1-6,9-16H2. The minimum Gasteiger partial charge on any atom is -0.369 e. The highest BCUT2D eigenvalue weighted by Gasteiger charge is 2.29. The predicted molar refractivity (Wildman–Crippen MR) is 114 cm³/mol. The first kappa shape index (κ1) is 17.3. The van der Waals surface area contributed by atoms with Gasteiger partial charge in [-0.15, -0.1) is 0 Å². The molecule has 2 aliphatic heterocycles. The second-order valence-electron chi connectivity index (χ2n) is 9.33. The molecule has 0 unspecified atom stereocenters. The number of nitrogens with zero attached hydrogens (tertiary/aromatic N) is 5. The molecular formula is C23H33N5. The Morgan fingerprint density at radius 3 is 2.11 bits per heavy atom. The Morgan fingerprint density at radius 1 is 0.750 bits per heavy atom. The predicted octanol–water partition coefficient (Wildman–Crippen LogP) is 3.12. The van der Waals surface area contributed by atoms with E-state index in [0.717, 1.165) is 25.0 Å². The van der Waals surface area contributed by atoms with Gasteiger partial charge in [-0.3, -0.25) is 9.80 Å². The summed E-state index contributed by atoms with van der Waals surface area (Å²) in [7, 11) is 0. The number of aromatic nitrogens is 2. The van der Waals surface area contributed by atoms with Gasteiger partial charge in [-0.2, -0.15) is 0 Å². The van der Waals surface area contributed by atoms with Gasteiger partial charge in [0.1, 0.15) is 5.82 Å². The van der Waals surface area contributed by atoms with Crippen LogP contribution in [0.3, 0.4) is 0 Å². The highest BCUT2D eigenvalue weighted by Crippen LogP contribution is 2.30. The van der Waals surface area contributed by atoms with E-state index in [2.05, 4.69) is 37.5 Å². The largest absolute Gasteiger partial charge is 0.369 e. The fourth-order valence-electron chi connectivity index (χ4n) is 5.60. The van der Waals surface area contributed by atoms with E-state index in [1.54, 1.807) is 0 Å². The van der Waals surface area contributed by atoms with Crippen LogP contribution < -0.4 is 4.90 Å². The van der Waals surface area contributed by atoms with Crippen molar-refractivity contribution in [3.05, 3.63) is 24.0 Å². The van der Waals surface area contributed by atoms with Gasteiger partial charge in [-0.25, -0.2) is 4.98 Å². The van der Waals surface area contributed by atoms with Crippen molar-refractivity contribution in [2.45, 2.75) is 63.6 Å². The van der Waals surface area contributed by atoms with Crippen LogP contribution in [0.15, 0.2) is 18.2 Å². The number of anilines is 1. The number of hydrogen-bond donors (Lipinski definition) is 0. The summed E-state index contributed by atoms with van der Waals surface area (Å²) < 4.78 is 2.52. The third-order valence-corrected chi connectivity index (χ3v) is 7.91. The first-order valence-electron chi connectivity index (χ1n) is 11.6. The summed E-state index contributed by atoms with van der Waals surface area (Å²) >= 11 is 0. The van der Waals surface area contributed by atoms with Gasteiger partial charge in [-0.05, 0) is 43.9 Å². The van der Waals surface area contributed by atoms with E-state index < -0.39 is 0 Å². The summed E-state index contributed by atoms with van der Waals surface area (Å²) in [5.74, 6) is 1.30. The van der Waals surface area contributed by atoms with Crippen molar-refractivity contribution in [3.8, 4) is 0 Å². The third-order valence-electron chi connectivity index (χ3n) is 7.91. The maximum atomic E-state index is 5.00. The molecule has 2 aliphatic carbocycles. The van der Waals surface area contributed by atoms with Crippen molar-refractivity contribution in [1.29, 1.82) is 0 Å². The Kier molecular flexibility index (Phi) is 4.34. The summed E-state index contributed by atoms with van der Waals surface area (Å²) in [5.41, 5.74) is 3.93. The molecule has 6 rings (SSSR count). The molecule has 0 spiro atoms. The minimum absolute atomic E-state index is 0.846.